The van der Waals surface area contributed by atoms with Crippen LogP contribution in [0.25, 0.3) is 0 Å². The number of benzene rings is 1. The van der Waals surface area contributed by atoms with Gasteiger partial charge in [-0.05, 0) is 18.2 Å². The van der Waals surface area contributed by atoms with Gasteiger partial charge in [-0.15, -0.1) is 0 Å². The Hall–Kier alpha value is -1.78. The number of nitrogens with one attached hydrogen (secondary N) is 1. The molecule has 1 aromatic carbocycles. The summed E-state index contributed by atoms with van der Waals surface area (Å²) in [4.78, 5) is 15.8. The molecule has 0 bridgehead atoms. The Morgan fingerprint density at radius 2 is 1.95 bits per heavy atom. The Morgan fingerprint density at radius 3 is 2.68 bits per heavy atom. The van der Waals surface area contributed by atoms with Crippen molar-refractivity contribution < 1.29 is 9.90 Å². The highest BCUT2D eigenvalue weighted by Gasteiger charge is 2.13. The van der Waals surface area contributed by atoms with Gasteiger partial charge in [0.2, 0.25) is 0 Å². The van der Waals surface area contributed by atoms with Crippen molar-refractivity contribution >= 4 is 29.1 Å². The fourth-order valence-corrected chi connectivity index (χ4v) is 1.84. The Kier molecular flexibility index (Phi) is 4.24. The number of halogens is 2. The topological polar surface area (TPSA) is 62.2 Å². The van der Waals surface area contributed by atoms with E-state index in [0.717, 1.165) is 0 Å². The monoisotopic (exact) mass is 296 g/mol. The van der Waals surface area contributed by atoms with E-state index >= 15 is 0 Å². The van der Waals surface area contributed by atoms with Gasteiger partial charge in [0.05, 0.1) is 5.02 Å². The highest BCUT2D eigenvalue weighted by atomic mass is 35.5. The average molecular weight is 297 g/mol. The van der Waals surface area contributed by atoms with Gasteiger partial charge in [-0.3, -0.25) is 4.79 Å². The van der Waals surface area contributed by atoms with E-state index in [1.807, 2.05) is 0 Å². The van der Waals surface area contributed by atoms with Crippen molar-refractivity contribution in [1.29, 1.82) is 0 Å². The second kappa shape index (κ2) is 5.91. The Bertz CT molecular complexity index is 617. The third-order valence-corrected chi connectivity index (χ3v) is 2.97. The lowest BCUT2D eigenvalue weighted by Crippen LogP contribution is -2.24. The van der Waals surface area contributed by atoms with E-state index in [-0.39, 0.29) is 28.2 Å². The van der Waals surface area contributed by atoms with E-state index in [1.165, 1.54) is 12.1 Å². The van der Waals surface area contributed by atoms with Crippen LogP contribution in [0.3, 0.4) is 0 Å². The summed E-state index contributed by atoms with van der Waals surface area (Å²) >= 11 is 11.6. The summed E-state index contributed by atoms with van der Waals surface area (Å²) in [5, 5.41) is 12.6. The van der Waals surface area contributed by atoms with Gasteiger partial charge in [0.25, 0.3) is 5.91 Å². The van der Waals surface area contributed by atoms with Crippen molar-refractivity contribution in [3.63, 3.8) is 0 Å². The predicted molar refractivity (Wildman–Crippen MR) is 73.5 cm³/mol. The van der Waals surface area contributed by atoms with Crippen LogP contribution in [0.1, 0.15) is 16.1 Å². The van der Waals surface area contributed by atoms with Gasteiger partial charge in [-0.2, -0.15) is 0 Å². The molecule has 0 unspecified atom stereocenters. The van der Waals surface area contributed by atoms with E-state index in [4.69, 9.17) is 23.2 Å². The first-order chi connectivity index (χ1) is 9.08. The second-order valence-corrected chi connectivity index (χ2v) is 4.57. The quantitative estimate of drug-likeness (QED) is 0.856. The van der Waals surface area contributed by atoms with Crippen molar-refractivity contribution in [2.75, 3.05) is 0 Å². The molecule has 0 aliphatic heterocycles. The van der Waals surface area contributed by atoms with Crippen LogP contribution in [-0.2, 0) is 6.54 Å². The number of phenolic OH excluding ortho intramolecular Hbond substituents is 1. The maximum absolute atomic E-state index is 11.9. The second-order valence-electron chi connectivity index (χ2n) is 3.78. The first-order valence-corrected chi connectivity index (χ1v) is 6.20. The number of rotatable bonds is 3. The van der Waals surface area contributed by atoms with Crippen molar-refractivity contribution in [2.45, 2.75) is 6.54 Å². The lowest BCUT2D eigenvalue weighted by atomic mass is 10.2. The Morgan fingerprint density at radius 1 is 1.21 bits per heavy atom. The summed E-state index contributed by atoms with van der Waals surface area (Å²) in [6.45, 7) is 0.177. The fourth-order valence-electron chi connectivity index (χ4n) is 1.50. The normalized spacial score (nSPS) is 10.2. The number of carbonyl (C=O) groups excluding carboxylic acids is 1. The molecule has 6 heteroatoms. The zero-order valence-corrected chi connectivity index (χ0v) is 11.2. The largest absolute Gasteiger partial charge is 0.508 e. The van der Waals surface area contributed by atoms with Gasteiger partial charge in [0, 0.05) is 12.1 Å². The molecule has 0 saturated carbocycles. The maximum atomic E-state index is 11.9. The molecule has 1 aromatic heterocycles. The molecular weight excluding hydrogens is 287 g/mol. The zero-order valence-electron chi connectivity index (χ0n) is 9.73. The molecule has 2 aromatic rings. The first kappa shape index (κ1) is 13.6. The summed E-state index contributed by atoms with van der Waals surface area (Å²) < 4.78 is 0. The van der Waals surface area contributed by atoms with E-state index in [9.17, 15) is 9.90 Å². The van der Waals surface area contributed by atoms with Crippen LogP contribution >= 0.6 is 23.2 Å². The molecule has 2 rings (SSSR count). The number of nitrogens with zero attached hydrogens (tertiary/aromatic N) is 1. The van der Waals surface area contributed by atoms with Crippen molar-refractivity contribution in [1.82, 2.24) is 10.3 Å². The molecule has 0 atom stereocenters. The molecule has 0 fully saturated rings. The number of carbonyl (C=O) groups is 1. The van der Waals surface area contributed by atoms with Crippen LogP contribution in [-0.4, -0.2) is 16.0 Å². The number of aromatic hydroxyl groups is 1. The van der Waals surface area contributed by atoms with Gasteiger partial charge < -0.3 is 10.4 Å². The van der Waals surface area contributed by atoms with E-state index in [0.29, 0.717) is 5.56 Å². The summed E-state index contributed by atoms with van der Waals surface area (Å²) in [6, 6.07) is 9.74. The Labute approximate surface area is 120 Å². The summed E-state index contributed by atoms with van der Waals surface area (Å²) in [6.07, 6.45) is 0. The van der Waals surface area contributed by atoms with Crippen molar-refractivity contribution in [2.24, 2.45) is 0 Å². The lowest BCUT2D eigenvalue weighted by Gasteiger charge is -2.07. The summed E-state index contributed by atoms with van der Waals surface area (Å²) in [5.41, 5.74) is 0.665. The molecule has 0 spiro atoms. The Balaban J connectivity index is 2.10. The van der Waals surface area contributed by atoms with Gasteiger partial charge in [-0.1, -0.05) is 41.4 Å². The van der Waals surface area contributed by atoms with Crippen LogP contribution in [0, 0.1) is 0 Å². The third kappa shape index (κ3) is 3.36. The fraction of sp³-hybridized carbons (Fsp3) is 0.0769. The molecular formula is C13H10Cl2N2O2. The minimum absolute atomic E-state index is 0.0598. The van der Waals surface area contributed by atoms with Crippen LogP contribution in [0.5, 0.6) is 5.75 Å². The molecule has 19 heavy (non-hydrogen) atoms. The summed E-state index contributed by atoms with van der Waals surface area (Å²) in [5.74, 6) is -0.330. The van der Waals surface area contributed by atoms with Crippen LogP contribution < -0.4 is 5.32 Å². The SMILES string of the molecule is O=C(NCc1ccccc1O)c1nc(Cl)ccc1Cl. The molecule has 2 N–H and O–H groups in total. The maximum Gasteiger partial charge on any atom is 0.271 e. The number of amides is 1. The van der Waals surface area contributed by atoms with Crippen molar-refractivity contribution in [3.8, 4) is 5.75 Å². The third-order valence-electron chi connectivity index (χ3n) is 2.46. The van der Waals surface area contributed by atoms with E-state index in [1.54, 1.807) is 24.3 Å². The number of hydrogen-bond donors (Lipinski definition) is 2. The van der Waals surface area contributed by atoms with E-state index < -0.39 is 5.91 Å². The smallest absolute Gasteiger partial charge is 0.271 e. The lowest BCUT2D eigenvalue weighted by molar-refractivity contribution is 0.0946. The molecule has 98 valence electrons. The molecule has 1 heterocycles. The number of para-hydroxylation sites is 1. The van der Waals surface area contributed by atoms with Gasteiger partial charge >= 0.3 is 0 Å². The van der Waals surface area contributed by atoms with Gasteiger partial charge in [-0.25, -0.2) is 4.98 Å². The highest BCUT2D eigenvalue weighted by molar-refractivity contribution is 6.34. The van der Waals surface area contributed by atoms with E-state index in [2.05, 4.69) is 10.3 Å². The van der Waals surface area contributed by atoms with Gasteiger partial charge in [0.1, 0.15) is 16.6 Å². The highest BCUT2D eigenvalue weighted by Crippen LogP contribution is 2.18. The van der Waals surface area contributed by atoms with Crippen LogP contribution in [0.4, 0.5) is 0 Å². The zero-order chi connectivity index (χ0) is 13.8. The molecule has 0 aliphatic rings. The van der Waals surface area contributed by atoms with Gasteiger partial charge in [0.15, 0.2) is 0 Å². The predicted octanol–water partition coefficient (Wildman–Crippen LogP) is 3.02. The van der Waals surface area contributed by atoms with Crippen molar-refractivity contribution in [3.05, 3.63) is 57.8 Å². The molecule has 4 nitrogen and oxygen atoms in total. The standard InChI is InChI=1S/C13H10Cl2N2O2/c14-9-5-6-11(15)17-12(9)13(19)16-7-8-3-1-2-4-10(8)18/h1-6,18H,7H2,(H,16,19). The first-order valence-electron chi connectivity index (χ1n) is 5.45. The number of hydrogen-bond acceptors (Lipinski definition) is 3. The molecule has 1 amide bonds. The minimum Gasteiger partial charge on any atom is -0.508 e. The average Bonchev–Trinajstić information content (AvgIpc) is 2.40. The number of pyridine rings is 1. The minimum atomic E-state index is -0.448. The number of phenols is 1. The van der Waals surface area contributed by atoms with Crippen LogP contribution in [0.15, 0.2) is 36.4 Å². The van der Waals surface area contributed by atoms with Crippen LogP contribution in [0.2, 0.25) is 10.2 Å². The number of aromatic nitrogens is 1. The molecule has 0 radical (unpaired) electrons. The molecule has 0 saturated heterocycles. The summed E-state index contributed by atoms with van der Waals surface area (Å²) in [7, 11) is 0. The molecule has 0 aliphatic carbocycles.